The molecular formula is C8H14ClF2N. The number of fused-ring (bicyclic) bond motifs is 1. The number of hydrogen-bond donors (Lipinski definition) is 1. The van der Waals surface area contributed by atoms with E-state index < -0.39 is 5.92 Å². The van der Waals surface area contributed by atoms with Gasteiger partial charge in [-0.3, -0.25) is 0 Å². The van der Waals surface area contributed by atoms with Gasteiger partial charge in [0.2, 0.25) is 5.92 Å². The van der Waals surface area contributed by atoms with Crippen molar-refractivity contribution < 1.29 is 8.78 Å². The molecule has 2 aliphatic rings. The minimum atomic E-state index is -2.38. The summed E-state index contributed by atoms with van der Waals surface area (Å²) >= 11 is 0. The Morgan fingerprint density at radius 1 is 1.08 bits per heavy atom. The van der Waals surface area contributed by atoms with Crippen molar-refractivity contribution in [2.75, 3.05) is 0 Å². The summed E-state index contributed by atoms with van der Waals surface area (Å²) in [4.78, 5) is 0. The van der Waals surface area contributed by atoms with Crippen LogP contribution in [0.2, 0.25) is 0 Å². The van der Waals surface area contributed by atoms with Crippen molar-refractivity contribution in [3.63, 3.8) is 0 Å². The molecule has 0 bridgehead atoms. The molecule has 0 aliphatic heterocycles. The van der Waals surface area contributed by atoms with Gasteiger partial charge in [-0.05, 0) is 24.7 Å². The van der Waals surface area contributed by atoms with Crippen LogP contribution in [-0.4, -0.2) is 12.0 Å². The zero-order valence-corrected chi connectivity index (χ0v) is 7.62. The van der Waals surface area contributed by atoms with Crippen LogP contribution in [0, 0.1) is 11.8 Å². The molecule has 1 nitrogen and oxygen atoms in total. The number of rotatable bonds is 0. The smallest absolute Gasteiger partial charge is 0.248 e. The number of nitrogens with two attached hydrogens (primary N) is 1. The number of hydrogen-bond acceptors (Lipinski definition) is 1. The van der Waals surface area contributed by atoms with E-state index in [2.05, 4.69) is 0 Å². The lowest BCUT2D eigenvalue weighted by atomic mass is 10.0. The van der Waals surface area contributed by atoms with Crippen molar-refractivity contribution in [2.45, 2.75) is 37.6 Å². The highest BCUT2D eigenvalue weighted by molar-refractivity contribution is 5.85. The van der Waals surface area contributed by atoms with Crippen LogP contribution in [0.1, 0.15) is 25.7 Å². The molecular weight excluding hydrogens is 184 g/mol. The Morgan fingerprint density at radius 3 is 1.92 bits per heavy atom. The SMILES string of the molecule is Cl.NC1C[C@@H]2CC(F)(F)C[C@H]2C1. The molecule has 0 aromatic rings. The van der Waals surface area contributed by atoms with Gasteiger partial charge in [0.25, 0.3) is 0 Å². The molecule has 2 saturated carbocycles. The minimum absolute atomic E-state index is 0. The van der Waals surface area contributed by atoms with E-state index in [9.17, 15) is 8.78 Å². The molecule has 2 aliphatic carbocycles. The third-order valence-corrected chi connectivity index (χ3v) is 3.00. The van der Waals surface area contributed by atoms with E-state index in [1.807, 2.05) is 0 Å². The number of alkyl halides is 2. The molecule has 0 spiro atoms. The molecule has 0 amide bonds. The summed E-state index contributed by atoms with van der Waals surface area (Å²) in [6.45, 7) is 0. The average molecular weight is 198 g/mol. The average Bonchev–Trinajstić information content (AvgIpc) is 2.17. The fourth-order valence-corrected chi connectivity index (χ4v) is 2.61. The fraction of sp³-hybridized carbons (Fsp3) is 1.00. The van der Waals surface area contributed by atoms with Crippen LogP contribution in [0.15, 0.2) is 0 Å². The van der Waals surface area contributed by atoms with Crippen molar-refractivity contribution in [1.29, 1.82) is 0 Å². The van der Waals surface area contributed by atoms with E-state index in [1.165, 1.54) is 0 Å². The highest BCUT2D eigenvalue weighted by Crippen LogP contribution is 2.50. The van der Waals surface area contributed by atoms with Crippen LogP contribution in [0.5, 0.6) is 0 Å². The Morgan fingerprint density at radius 2 is 1.50 bits per heavy atom. The molecule has 0 radical (unpaired) electrons. The van der Waals surface area contributed by atoms with Gasteiger partial charge < -0.3 is 5.73 Å². The van der Waals surface area contributed by atoms with Gasteiger partial charge in [-0.2, -0.15) is 0 Å². The molecule has 0 unspecified atom stereocenters. The van der Waals surface area contributed by atoms with Crippen LogP contribution >= 0.6 is 12.4 Å². The van der Waals surface area contributed by atoms with Crippen LogP contribution in [0.4, 0.5) is 8.78 Å². The minimum Gasteiger partial charge on any atom is -0.328 e. The highest BCUT2D eigenvalue weighted by Gasteiger charge is 2.49. The van der Waals surface area contributed by atoms with Gasteiger partial charge in [0.05, 0.1) is 0 Å². The topological polar surface area (TPSA) is 26.0 Å². The first-order valence-electron chi connectivity index (χ1n) is 4.20. The largest absolute Gasteiger partial charge is 0.328 e. The van der Waals surface area contributed by atoms with Gasteiger partial charge in [-0.1, -0.05) is 0 Å². The summed E-state index contributed by atoms with van der Waals surface area (Å²) in [5, 5.41) is 0. The lowest BCUT2D eigenvalue weighted by Gasteiger charge is -2.10. The van der Waals surface area contributed by atoms with Crippen molar-refractivity contribution >= 4 is 12.4 Å². The normalized spacial score (nSPS) is 39.2. The Hall–Kier alpha value is 0.110. The van der Waals surface area contributed by atoms with Crippen LogP contribution in [0.3, 0.4) is 0 Å². The second-order valence-electron chi connectivity index (χ2n) is 4.02. The van der Waals surface area contributed by atoms with Crippen molar-refractivity contribution in [3.8, 4) is 0 Å². The van der Waals surface area contributed by atoms with Crippen molar-refractivity contribution in [2.24, 2.45) is 17.6 Å². The molecule has 4 heteroatoms. The van der Waals surface area contributed by atoms with E-state index >= 15 is 0 Å². The monoisotopic (exact) mass is 197 g/mol. The van der Waals surface area contributed by atoms with Crippen LogP contribution < -0.4 is 5.73 Å². The second kappa shape index (κ2) is 3.11. The lowest BCUT2D eigenvalue weighted by molar-refractivity contribution is 0.0000250. The zero-order chi connectivity index (χ0) is 8.06. The molecule has 0 aromatic carbocycles. The van der Waals surface area contributed by atoms with Crippen molar-refractivity contribution in [1.82, 2.24) is 0 Å². The Balaban J connectivity index is 0.000000720. The summed E-state index contributed by atoms with van der Waals surface area (Å²) in [6, 6.07) is 0.195. The molecule has 12 heavy (non-hydrogen) atoms. The van der Waals surface area contributed by atoms with Gasteiger partial charge in [0, 0.05) is 18.9 Å². The van der Waals surface area contributed by atoms with E-state index in [1.54, 1.807) is 0 Å². The van der Waals surface area contributed by atoms with E-state index in [0.29, 0.717) is 0 Å². The first kappa shape index (κ1) is 10.2. The summed E-state index contributed by atoms with van der Waals surface area (Å²) < 4.78 is 25.5. The van der Waals surface area contributed by atoms with Crippen molar-refractivity contribution in [3.05, 3.63) is 0 Å². The third-order valence-electron chi connectivity index (χ3n) is 3.00. The summed E-state index contributed by atoms with van der Waals surface area (Å²) in [6.07, 6.45) is 1.82. The summed E-state index contributed by atoms with van der Waals surface area (Å²) in [5.41, 5.74) is 5.67. The Kier molecular flexibility index (Phi) is 2.64. The molecule has 2 atom stereocenters. The molecule has 2 rings (SSSR count). The fourth-order valence-electron chi connectivity index (χ4n) is 2.61. The van der Waals surface area contributed by atoms with Gasteiger partial charge in [0.1, 0.15) is 0 Å². The first-order chi connectivity index (χ1) is 5.07. The van der Waals surface area contributed by atoms with E-state index in [-0.39, 0.29) is 43.1 Å². The summed E-state index contributed by atoms with van der Waals surface area (Å²) in [5.74, 6) is -1.94. The standard InChI is InChI=1S/C8H13F2N.ClH/c9-8(10)3-5-1-7(11)2-6(5)4-8;/h5-7H,1-4,11H2;1H/t5-,6-;/m1./s1. The quantitative estimate of drug-likeness (QED) is 0.633. The van der Waals surface area contributed by atoms with Gasteiger partial charge in [-0.25, -0.2) is 8.78 Å². The van der Waals surface area contributed by atoms with Gasteiger partial charge in [0.15, 0.2) is 0 Å². The predicted octanol–water partition coefficient (Wildman–Crippen LogP) is 2.19. The molecule has 0 aromatic heterocycles. The molecule has 2 N–H and O–H groups in total. The molecule has 2 fully saturated rings. The molecule has 0 heterocycles. The van der Waals surface area contributed by atoms with E-state index in [0.717, 1.165) is 12.8 Å². The number of halogens is 3. The Bertz CT molecular complexity index is 158. The lowest BCUT2D eigenvalue weighted by Crippen LogP contribution is -2.19. The first-order valence-corrected chi connectivity index (χ1v) is 4.20. The maximum Gasteiger partial charge on any atom is 0.248 e. The Labute approximate surface area is 77.1 Å². The predicted molar refractivity (Wildman–Crippen MR) is 45.6 cm³/mol. The molecule has 72 valence electrons. The maximum absolute atomic E-state index is 12.8. The zero-order valence-electron chi connectivity index (χ0n) is 6.80. The van der Waals surface area contributed by atoms with Crippen LogP contribution in [0.25, 0.3) is 0 Å². The van der Waals surface area contributed by atoms with Crippen LogP contribution in [-0.2, 0) is 0 Å². The highest BCUT2D eigenvalue weighted by atomic mass is 35.5. The summed E-state index contributed by atoms with van der Waals surface area (Å²) in [7, 11) is 0. The van der Waals surface area contributed by atoms with E-state index in [4.69, 9.17) is 5.73 Å². The van der Waals surface area contributed by atoms with Gasteiger partial charge in [-0.15, -0.1) is 12.4 Å². The molecule has 0 saturated heterocycles. The maximum atomic E-state index is 12.8. The second-order valence-corrected chi connectivity index (χ2v) is 4.02. The van der Waals surface area contributed by atoms with Gasteiger partial charge >= 0.3 is 0 Å². The third kappa shape index (κ3) is 1.72.